The SMILES string of the molecule is COc1ccc(OCC2c3cc(OC)c(OC)cc3CCN2C(=O)c2ccc3nsnc3c2)cc1. The third-order valence-corrected chi connectivity index (χ3v) is 6.79. The summed E-state index contributed by atoms with van der Waals surface area (Å²) in [6, 6.07) is 16.4. The van der Waals surface area contributed by atoms with Crippen molar-refractivity contribution in [3.8, 4) is 23.0 Å². The van der Waals surface area contributed by atoms with E-state index >= 15 is 0 Å². The van der Waals surface area contributed by atoms with Gasteiger partial charge < -0.3 is 23.8 Å². The quantitative estimate of drug-likeness (QED) is 0.375. The molecule has 4 aromatic rings. The predicted octanol–water partition coefficient (Wildman–Crippen LogP) is 4.54. The monoisotopic (exact) mass is 491 g/mol. The highest BCUT2D eigenvalue weighted by atomic mass is 32.1. The summed E-state index contributed by atoms with van der Waals surface area (Å²) >= 11 is 1.14. The van der Waals surface area contributed by atoms with Crippen LogP contribution >= 0.6 is 11.7 Å². The van der Waals surface area contributed by atoms with Gasteiger partial charge in [-0.15, -0.1) is 0 Å². The molecule has 1 aliphatic heterocycles. The number of amides is 1. The van der Waals surface area contributed by atoms with Crippen LogP contribution in [0.15, 0.2) is 54.6 Å². The Morgan fingerprint density at radius 1 is 0.914 bits per heavy atom. The molecule has 1 atom stereocenters. The number of carbonyl (C=O) groups is 1. The van der Waals surface area contributed by atoms with E-state index < -0.39 is 0 Å². The fourth-order valence-electron chi connectivity index (χ4n) is 4.38. The molecular formula is C26H25N3O5S. The molecule has 0 N–H and O–H groups in total. The molecule has 0 saturated heterocycles. The molecule has 1 amide bonds. The maximum absolute atomic E-state index is 13.7. The smallest absolute Gasteiger partial charge is 0.254 e. The molecule has 0 saturated carbocycles. The molecule has 3 aromatic carbocycles. The molecule has 1 unspecified atom stereocenters. The summed E-state index contributed by atoms with van der Waals surface area (Å²) in [6.45, 7) is 0.826. The van der Waals surface area contributed by atoms with E-state index in [4.69, 9.17) is 18.9 Å². The Morgan fingerprint density at radius 3 is 2.37 bits per heavy atom. The van der Waals surface area contributed by atoms with Crippen LogP contribution in [0.2, 0.25) is 0 Å². The minimum atomic E-state index is -0.322. The molecular weight excluding hydrogens is 466 g/mol. The third-order valence-electron chi connectivity index (χ3n) is 6.23. The summed E-state index contributed by atoms with van der Waals surface area (Å²) in [7, 11) is 4.85. The van der Waals surface area contributed by atoms with Crippen LogP contribution in [-0.2, 0) is 6.42 Å². The normalized spacial score (nSPS) is 14.9. The van der Waals surface area contributed by atoms with Gasteiger partial charge in [0.1, 0.15) is 29.1 Å². The van der Waals surface area contributed by atoms with Crippen molar-refractivity contribution in [1.29, 1.82) is 0 Å². The lowest BCUT2D eigenvalue weighted by atomic mass is 9.91. The van der Waals surface area contributed by atoms with Crippen LogP contribution in [0.5, 0.6) is 23.0 Å². The molecule has 1 aromatic heterocycles. The van der Waals surface area contributed by atoms with E-state index in [2.05, 4.69) is 8.75 Å². The minimum absolute atomic E-state index is 0.0799. The van der Waals surface area contributed by atoms with Crippen molar-refractivity contribution in [2.45, 2.75) is 12.5 Å². The van der Waals surface area contributed by atoms with Crippen molar-refractivity contribution >= 4 is 28.7 Å². The summed E-state index contributed by atoms with van der Waals surface area (Å²) in [4.78, 5) is 15.6. The maximum atomic E-state index is 13.7. The lowest BCUT2D eigenvalue weighted by Crippen LogP contribution is -2.42. The van der Waals surface area contributed by atoms with Crippen molar-refractivity contribution in [3.63, 3.8) is 0 Å². The van der Waals surface area contributed by atoms with Gasteiger partial charge in [-0.05, 0) is 72.1 Å². The molecule has 8 nitrogen and oxygen atoms in total. The molecule has 0 spiro atoms. The van der Waals surface area contributed by atoms with Crippen LogP contribution in [0, 0.1) is 0 Å². The van der Waals surface area contributed by atoms with E-state index in [9.17, 15) is 4.79 Å². The molecule has 5 rings (SSSR count). The van der Waals surface area contributed by atoms with Crippen molar-refractivity contribution in [1.82, 2.24) is 13.6 Å². The Hall–Kier alpha value is -3.85. The number of benzene rings is 3. The molecule has 0 bridgehead atoms. The summed E-state index contributed by atoms with van der Waals surface area (Å²) in [5.74, 6) is 2.65. The topological polar surface area (TPSA) is 83.0 Å². The van der Waals surface area contributed by atoms with E-state index in [1.165, 1.54) is 0 Å². The van der Waals surface area contributed by atoms with Crippen LogP contribution in [0.25, 0.3) is 11.0 Å². The second-order valence-electron chi connectivity index (χ2n) is 8.12. The summed E-state index contributed by atoms with van der Waals surface area (Å²) in [5, 5.41) is 0. The molecule has 0 aliphatic carbocycles. The first kappa shape index (κ1) is 22.9. The third kappa shape index (κ3) is 4.46. The van der Waals surface area contributed by atoms with E-state index in [0.717, 1.165) is 39.6 Å². The average Bonchev–Trinajstić information content (AvgIpc) is 3.38. The van der Waals surface area contributed by atoms with Gasteiger partial charge in [0.05, 0.1) is 39.1 Å². The zero-order chi connectivity index (χ0) is 24.4. The number of rotatable bonds is 7. The maximum Gasteiger partial charge on any atom is 0.254 e. The molecule has 1 aliphatic rings. The van der Waals surface area contributed by atoms with Crippen molar-refractivity contribution in [2.75, 3.05) is 34.5 Å². The van der Waals surface area contributed by atoms with Gasteiger partial charge in [-0.1, -0.05) is 0 Å². The molecule has 35 heavy (non-hydrogen) atoms. The Kier molecular flexibility index (Phi) is 6.41. The number of nitrogens with zero attached hydrogens (tertiary/aromatic N) is 3. The number of aromatic nitrogens is 2. The number of hydrogen-bond acceptors (Lipinski definition) is 8. The fourth-order valence-corrected chi connectivity index (χ4v) is 4.90. The van der Waals surface area contributed by atoms with E-state index in [0.29, 0.717) is 35.8 Å². The van der Waals surface area contributed by atoms with E-state index in [-0.39, 0.29) is 18.6 Å². The summed E-state index contributed by atoms with van der Waals surface area (Å²) in [6.07, 6.45) is 0.695. The fraction of sp³-hybridized carbons (Fsp3) is 0.269. The largest absolute Gasteiger partial charge is 0.497 e. The molecule has 0 radical (unpaired) electrons. The Morgan fingerprint density at radius 2 is 1.63 bits per heavy atom. The van der Waals surface area contributed by atoms with Crippen LogP contribution < -0.4 is 18.9 Å². The number of hydrogen-bond donors (Lipinski definition) is 0. The highest BCUT2D eigenvalue weighted by Crippen LogP contribution is 2.39. The van der Waals surface area contributed by atoms with Gasteiger partial charge in [0.25, 0.3) is 5.91 Å². The van der Waals surface area contributed by atoms with Gasteiger partial charge >= 0.3 is 0 Å². The zero-order valence-corrected chi connectivity index (χ0v) is 20.5. The predicted molar refractivity (Wildman–Crippen MR) is 133 cm³/mol. The molecule has 2 heterocycles. The van der Waals surface area contributed by atoms with E-state index in [1.807, 2.05) is 47.4 Å². The number of methoxy groups -OCH3 is 3. The van der Waals surface area contributed by atoms with Gasteiger partial charge in [-0.2, -0.15) is 8.75 Å². The Bertz CT molecular complexity index is 1360. The first-order valence-corrected chi connectivity index (χ1v) is 11.9. The Labute approximate surface area is 207 Å². The standard InChI is InChI=1S/C26H25N3O5S/c1-31-18-5-7-19(8-6-18)34-15-23-20-14-25(33-3)24(32-2)13-16(20)10-11-29(23)26(30)17-4-9-21-22(12-17)28-35-27-21/h4-9,12-14,23H,10-11,15H2,1-3H3. The van der Waals surface area contributed by atoms with Crippen LogP contribution in [0.4, 0.5) is 0 Å². The highest BCUT2D eigenvalue weighted by molar-refractivity contribution is 7.00. The van der Waals surface area contributed by atoms with Crippen molar-refractivity contribution in [3.05, 3.63) is 71.3 Å². The second kappa shape index (κ2) is 9.79. The minimum Gasteiger partial charge on any atom is -0.497 e. The first-order chi connectivity index (χ1) is 17.1. The number of fused-ring (bicyclic) bond motifs is 2. The zero-order valence-electron chi connectivity index (χ0n) is 19.7. The Balaban J connectivity index is 1.49. The average molecular weight is 492 g/mol. The van der Waals surface area contributed by atoms with E-state index in [1.54, 1.807) is 33.5 Å². The van der Waals surface area contributed by atoms with Gasteiger partial charge in [-0.25, -0.2) is 0 Å². The second-order valence-corrected chi connectivity index (χ2v) is 8.65. The van der Waals surface area contributed by atoms with Gasteiger partial charge in [0, 0.05) is 12.1 Å². The molecule has 180 valence electrons. The van der Waals surface area contributed by atoms with Gasteiger partial charge in [0.15, 0.2) is 11.5 Å². The molecule has 0 fully saturated rings. The van der Waals surface area contributed by atoms with Gasteiger partial charge in [0.2, 0.25) is 0 Å². The lowest BCUT2D eigenvalue weighted by molar-refractivity contribution is 0.0589. The number of carbonyl (C=O) groups excluding carboxylic acids is 1. The van der Waals surface area contributed by atoms with Crippen LogP contribution in [0.3, 0.4) is 0 Å². The van der Waals surface area contributed by atoms with Crippen LogP contribution in [0.1, 0.15) is 27.5 Å². The summed E-state index contributed by atoms with van der Waals surface area (Å²) < 4.78 is 31.0. The first-order valence-electron chi connectivity index (χ1n) is 11.2. The number of ether oxygens (including phenoxy) is 4. The highest BCUT2D eigenvalue weighted by Gasteiger charge is 2.33. The van der Waals surface area contributed by atoms with Crippen LogP contribution in [-0.4, -0.2) is 54.0 Å². The van der Waals surface area contributed by atoms with Crippen molar-refractivity contribution < 1.29 is 23.7 Å². The summed E-state index contributed by atoms with van der Waals surface area (Å²) in [5.41, 5.74) is 4.16. The van der Waals surface area contributed by atoms with Crippen molar-refractivity contribution in [2.24, 2.45) is 0 Å². The lowest BCUT2D eigenvalue weighted by Gasteiger charge is -2.37. The molecule has 9 heteroatoms. The van der Waals surface area contributed by atoms with Gasteiger partial charge in [-0.3, -0.25) is 4.79 Å².